The van der Waals surface area contributed by atoms with Gasteiger partial charge in [0.2, 0.25) is 0 Å². The SMILES string of the molecule is CC(C)N(C(=O)c1ccc(N(c2c(F)cccc2C(N)=O)C2CCN(Cc3ccsc3)CC2)cc1)C(C)C. The largest absolute Gasteiger partial charge is 0.366 e. The smallest absolute Gasteiger partial charge is 0.254 e. The van der Waals surface area contributed by atoms with Gasteiger partial charge < -0.3 is 15.5 Å². The topological polar surface area (TPSA) is 69.9 Å². The van der Waals surface area contributed by atoms with Gasteiger partial charge in [-0.05, 0) is 99.3 Å². The van der Waals surface area contributed by atoms with Crippen molar-refractivity contribution in [1.82, 2.24) is 9.80 Å². The first-order chi connectivity index (χ1) is 18.2. The Morgan fingerprint density at radius 3 is 2.24 bits per heavy atom. The third-order valence-corrected chi connectivity index (χ3v) is 7.87. The van der Waals surface area contributed by atoms with Crippen LogP contribution in [0.4, 0.5) is 15.8 Å². The molecule has 0 bridgehead atoms. The summed E-state index contributed by atoms with van der Waals surface area (Å²) in [6.45, 7) is 10.6. The van der Waals surface area contributed by atoms with E-state index in [1.807, 2.05) is 49.6 Å². The van der Waals surface area contributed by atoms with Gasteiger partial charge in [-0.3, -0.25) is 14.5 Å². The molecule has 0 aliphatic carbocycles. The number of amides is 2. The van der Waals surface area contributed by atoms with Gasteiger partial charge in [-0.15, -0.1) is 0 Å². The molecule has 0 spiro atoms. The number of hydrogen-bond acceptors (Lipinski definition) is 5. The first kappa shape index (κ1) is 27.8. The Balaban J connectivity index is 1.66. The lowest BCUT2D eigenvalue weighted by molar-refractivity contribution is 0.0643. The van der Waals surface area contributed by atoms with Crippen LogP contribution in [-0.2, 0) is 6.54 Å². The maximum atomic E-state index is 15.4. The van der Waals surface area contributed by atoms with E-state index in [1.165, 1.54) is 17.7 Å². The molecule has 1 aliphatic heterocycles. The van der Waals surface area contributed by atoms with Gasteiger partial charge >= 0.3 is 0 Å². The standard InChI is InChI=1S/C30H37FN4O2S/c1-20(2)34(21(3)4)30(37)23-8-10-24(11-9-23)35(28-26(29(32)36)6-5-7-27(28)31)25-12-15-33(16-13-25)18-22-14-17-38-19-22/h5-11,14,17,19-21,25H,12-13,15-16,18H2,1-4H3,(H2,32,36). The second-order valence-corrected chi connectivity index (χ2v) is 11.2. The Kier molecular flexibility index (Phi) is 8.84. The molecule has 0 radical (unpaired) electrons. The molecule has 1 saturated heterocycles. The van der Waals surface area contributed by atoms with E-state index >= 15 is 4.39 Å². The summed E-state index contributed by atoms with van der Waals surface area (Å²) in [7, 11) is 0. The highest BCUT2D eigenvalue weighted by Crippen LogP contribution is 2.37. The van der Waals surface area contributed by atoms with Crippen LogP contribution in [0.15, 0.2) is 59.3 Å². The molecule has 2 amide bonds. The minimum atomic E-state index is -0.671. The predicted octanol–water partition coefficient (Wildman–Crippen LogP) is 6.05. The Morgan fingerprint density at radius 2 is 1.68 bits per heavy atom. The van der Waals surface area contributed by atoms with E-state index in [4.69, 9.17) is 5.73 Å². The lowest BCUT2D eigenvalue weighted by Crippen LogP contribution is -2.43. The number of carbonyl (C=O) groups is 2. The van der Waals surface area contributed by atoms with Crippen molar-refractivity contribution in [1.29, 1.82) is 0 Å². The summed E-state index contributed by atoms with van der Waals surface area (Å²) in [5.41, 5.74) is 8.64. The van der Waals surface area contributed by atoms with Crippen LogP contribution in [0, 0.1) is 5.82 Å². The molecule has 0 unspecified atom stereocenters. The first-order valence-corrected chi connectivity index (χ1v) is 14.1. The summed E-state index contributed by atoms with van der Waals surface area (Å²) in [5, 5.41) is 4.25. The fraction of sp³-hybridized carbons (Fsp3) is 0.400. The summed E-state index contributed by atoms with van der Waals surface area (Å²) in [6.07, 6.45) is 1.59. The highest BCUT2D eigenvalue weighted by molar-refractivity contribution is 7.07. The fourth-order valence-electron chi connectivity index (χ4n) is 5.44. The van der Waals surface area contributed by atoms with E-state index in [9.17, 15) is 9.59 Å². The number of thiophene rings is 1. The van der Waals surface area contributed by atoms with Crippen LogP contribution in [0.3, 0.4) is 0 Å². The van der Waals surface area contributed by atoms with Gasteiger partial charge in [0.25, 0.3) is 11.8 Å². The minimum Gasteiger partial charge on any atom is -0.366 e. The summed E-state index contributed by atoms with van der Waals surface area (Å²) in [4.78, 5) is 31.7. The van der Waals surface area contributed by atoms with E-state index in [0.29, 0.717) is 5.56 Å². The van der Waals surface area contributed by atoms with Crippen LogP contribution in [0.1, 0.15) is 66.8 Å². The zero-order valence-corrected chi connectivity index (χ0v) is 23.4. The van der Waals surface area contributed by atoms with Crippen molar-refractivity contribution in [3.63, 3.8) is 0 Å². The summed E-state index contributed by atoms with van der Waals surface area (Å²) >= 11 is 1.69. The molecule has 0 atom stereocenters. The monoisotopic (exact) mass is 536 g/mol. The molecule has 0 saturated carbocycles. The maximum absolute atomic E-state index is 15.4. The molecule has 3 aromatic rings. The number of nitrogens with zero attached hydrogens (tertiary/aromatic N) is 3. The third kappa shape index (κ3) is 6.08. The molecule has 38 heavy (non-hydrogen) atoms. The number of hydrogen-bond donors (Lipinski definition) is 1. The second kappa shape index (κ2) is 12.1. The van der Waals surface area contributed by atoms with Crippen molar-refractivity contribution >= 4 is 34.5 Å². The lowest BCUT2D eigenvalue weighted by atomic mass is 9.98. The van der Waals surface area contributed by atoms with Crippen molar-refractivity contribution in [2.45, 2.75) is 65.2 Å². The second-order valence-electron chi connectivity index (χ2n) is 10.5. The Labute approximate surface area is 228 Å². The zero-order valence-electron chi connectivity index (χ0n) is 22.6. The predicted molar refractivity (Wildman–Crippen MR) is 153 cm³/mol. The van der Waals surface area contributed by atoms with Gasteiger partial charge in [0.1, 0.15) is 5.82 Å². The first-order valence-electron chi connectivity index (χ1n) is 13.2. The van der Waals surface area contributed by atoms with E-state index in [-0.39, 0.29) is 35.3 Å². The summed E-state index contributed by atoms with van der Waals surface area (Å²) in [6, 6.07) is 14.0. The van der Waals surface area contributed by atoms with Crippen molar-refractivity contribution in [3.05, 3.63) is 81.8 Å². The molecule has 202 valence electrons. The van der Waals surface area contributed by atoms with Gasteiger partial charge in [-0.25, -0.2) is 4.39 Å². The third-order valence-electron chi connectivity index (χ3n) is 7.14. The number of anilines is 2. The fourth-order valence-corrected chi connectivity index (χ4v) is 6.10. The van der Waals surface area contributed by atoms with Gasteiger partial charge in [-0.1, -0.05) is 6.07 Å². The van der Waals surface area contributed by atoms with E-state index in [2.05, 4.69) is 21.7 Å². The number of primary amides is 1. The van der Waals surface area contributed by atoms with Gasteiger partial charge in [0.05, 0.1) is 11.3 Å². The van der Waals surface area contributed by atoms with Crippen LogP contribution in [0.25, 0.3) is 0 Å². The molecule has 2 N–H and O–H groups in total. The van der Waals surface area contributed by atoms with Gasteiger partial charge in [-0.2, -0.15) is 11.3 Å². The van der Waals surface area contributed by atoms with Crippen LogP contribution in [0.2, 0.25) is 0 Å². The van der Waals surface area contributed by atoms with E-state index in [0.717, 1.165) is 38.2 Å². The average Bonchev–Trinajstić information content (AvgIpc) is 3.39. The Bertz CT molecular complexity index is 1230. The summed E-state index contributed by atoms with van der Waals surface area (Å²) in [5.74, 6) is -1.21. The quantitative estimate of drug-likeness (QED) is 0.362. The molecule has 6 nitrogen and oxygen atoms in total. The Morgan fingerprint density at radius 1 is 1.03 bits per heavy atom. The minimum absolute atomic E-state index is 0.0342. The van der Waals surface area contributed by atoms with Crippen LogP contribution in [-0.4, -0.2) is 52.8 Å². The molecule has 2 aromatic carbocycles. The molecule has 4 rings (SSSR count). The number of likely N-dealkylation sites (tertiary alicyclic amines) is 1. The molecule has 2 heterocycles. The summed E-state index contributed by atoms with van der Waals surface area (Å²) < 4.78 is 15.4. The molecule has 1 aromatic heterocycles. The number of carbonyl (C=O) groups excluding carboxylic acids is 2. The normalized spacial score (nSPS) is 14.7. The number of para-hydroxylation sites is 1. The van der Waals surface area contributed by atoms with E-state index in [1.54, 1.807) is 29.5 Å². The van der Waals surface area contributed by atoms with E-state index < -0.39 is 11.7 Å². The zero-order chi connectivity index (χ0) is 27.4. The van der Waals surface area contributed by atoms with Crippen LogP contribution >= 0.6 is 11.3 Å². The highest BCUT2D eigenvalue weighted by Gasteiger charge is 2.31. The highest BCUT2D eigenvalue weighted by atomic mass is 32.1. The average molecular weight is 537 g/mol. The Hall–Kier alpha value is -3.23. The van der Waals surface area contributed by atoms with Gasteiger partial charge in [0.15, 0.2) is 0 Å². The van der Waals surface area contributed by atoms with Crippen molar-refractivity contribution in [3.8, 4) is 0 Å². The molecular weight excluding hydrogens is 499 g/mol. The maximum Gasteiger partial charge on any atom is 0.254 e. The van der Waals surface area contributed by atoms with Crippen molar-refractivity contribution < 1.29 is 14.0 Å². The molecule has 8 heteroatoms. The number of piperidine rings is 1. The number of benzene rings is 2. The molecule has 1 aliphatic rings. The van der Waals surface area contributed by atoms with Crippen molar-refractivity contribution in [2.75, 3.05) is 18.0 Å². The van der Waals surface area contributed by atoms with Crippen molar-refractivity contribution in [2.24, 2.45) is 5.73 Å². The number of rotatable bonds is 9. The van der Waals surface area contributed by atoms with Crippen LogP contribution < -0.4 is 10.6 Å². The number of halogens is 1. The molecule has 1 fully saturated rings. The number of nitrogens with two attached hydrogens (primary N) is 1. The molecular formula is C30H37FN4O2S. The lowest BCUT2D eigenvalue weighted by Gasteiger charge is -2.40. The van der Waals surface area contributed by atoms with Crippen LogP contribution in [0.5, 0.6) is 0 Å². The van der Waals surface area contributed by atoms with Gasteiger partial charge in [0, 0.05) is 49.0 Å².